The van der Waals surface area contributed by atoms with Crippen LogP contribution < -0.4 is 0 Å². The molecular formula is C52H85FN6O12. The molecule has 3 fully saturated rings. The van der Waals surface area contributed by atoms with Gasteiger partial charge in [0, 0.05) is 70.8 Å². The lowest BCUT2D eigenvalue weighted by atomic mass is 9.77. The zero-order chi connectivity index (χ0) is 52.7. The Balaban J connectivity index is 1.42. The highest BCUT2D eigenvalue weighted by atomic mass is 19.1. The number of cyclic esters (lactones) is 1. The maximum atomic E-state index is 14.7. The fraction of sp³-hybridized carbons (Fsp3) is 0.808. The summed E-state index contributed by atoms with van der Waals surface area (Å²) in [7, 11) is 6.90. The van der Waals surface area contributed by atoms with Crippen LogP contribution in [0.3, 0.4) is 0 Å². The van der Waals surface area contributed by atoms with Crippen LogP contribution in [0.1, 0.15) is 130 Å². The van der Waals surface area contributed by atoms with Crippen molar-refractivity contribution in [3.63, 3.8) is 0 Å². The van der Waals surface area contributed by atoms with Crippen molar-refractivity contribution in [2.45, 2.75) is 204 Å². The van der Waals surface area contributed by atoms with E-state index < -0.39 is 109 Å². The number of aromatic nitrogens is 3. The van der Waals surface area contributed by atoms with E-state index in [9.17, 15) is 34.9 Å². The fourth-order valence-corrected chi connectivity index (χ4v) is 11.2. The number of hydrogen-bond acceptors (Lipinski definition) is 17. The van der Waals surface area contributed by atoms with Crippen molar-refractivity contribution in [2.75, 3.05) is 48.1 Å². The largest absolute Gasteiger partial charge is 0.459 e. The lowest BCUT2D eigenvalue weighted by Gasteiger charge is -2.48. The summed E-state index contributed by atoms with van der Waals surface area (Å²) in [4.78, 5) is 18.6. The van der Waals surface area contributed by atoms with Gasteiger partial charge in [-0.05, 0) is 105 Å². The number of esters is 1. The van der Waals surface area contributed by atoms with E-state index in [2.05, 4.69) is 21.3 Å². The summed E-state index contributed by atoms with van der Waals surface area (Å²) in [5.74, 6) is -2.58. The highest BCUT2D eigenvalue weighted by molar-refractivity contribution is 5.73. The molecule has 18 nitrogen and oxygen atoms in total. The van der Waals surface area contributed by atoms with Crippen LogP contribution in [0.2, 0.25) is 0 Å². The van der Waals surface area contributed by atoms with E-state index in [1.54, 1.807) is 65.1 Å². The molecule has 4 N–H and O–H groups in total. The molecule has 4 heterocycles. The second-order valence-electron chi connectivity index (χ2n) is 21.6. The molecule has 0 radical (unpaired) electrons. The topological polar surface area (TPSA) is 224 Å². The first-order valence-corrected chi connectivity index (χ1v) is 25.4. The van der Waals surface area contributed by atoms with Gasteiger partial charge in [-0.1, -0.05) is 38.1 Å². The molecule has 5 rings (SSSR count). The fourth-order valence-electron chi connectivity index (χ4n) is 11.2. The van der Waals surface area contributed by atoms with Gasteiger partial charge < -0.3 is 63.4 Å². The summed E-state index contributed by atoms with van der Waals surface area (Å²) in [5.41, 5.74) is -2.53. The average molecular weight is 1010 g/mol. The quantitative estimate of drug-likeness (QED) is 0.174. The van der Waals surface area contributed by atoms with Crippen LogP contribution >= 0.6 is 0 Å². The van der Waals surface area contributed by atoms with Gasteiger partial charge >= 0.3 is 5.97 Å². The van der Waals surface area contributed by atoms with Gasteiger partial charge in [0.05, 0.1) is 58.9 Å². The van der Waals surface area contributed by atoms with Gasteiger partial charge in [-0.15, -0.1) is 5.10 Å². The number of nitriles is 1. The molecule has 402 valence electrons. The second-order valence-corrected chi connectivity index (χ2v) is 21.6. The van der Waals surface area contributed by atoms with Crippen molar-refractivity contribution in [1.82, 2.24) is 24.8 Å². The molecule has 2 aromatic rings. The standard InChI is InChI=1S/C52H85FN6O12/c1-15-41-52(10,64)46(60)34(6)58(12)28-30(2)24-50(8,63)48(32(4)44(33(5)49(62)69-41)70-43-25-51(9,66-14)47(61)35(7)68-43)71-42-23-39(22-31(3)67-42)57(11)21-20-38-29-59(56-55-38)40(26-53)45(65-13)37-18-16-36(27-54)17-19-37/h16-19,29-35,39-48,60-61,63-64H,15,20-26,28H2,1-14H3/t30-,31-,32+,33-,34-,35+,39+,40-,41-,42+,43+,44+,45-,46-,47+,48-,50-,51-,52-/m1/s1. The molecular weight excluding hydrogens is 920 g/mol. The number of nitrogens with zero attached hydrogens (tertiary/aromatic N) is 6. The lowest BCUT2D eigenvalue weighted by Crippen LogP contribution is -2.59. The maximum absolute atomic E-state index is 14.7. The minimum absolute atomic E-state index is 0.0235. The van der Waals surface area contributed by atoms with Crippen LogP contribution in [-0.2, 0) is 44.4 Å². The summed E-state index contributed by atoms with van der Waals surface area (Å²) >= 11 is 0. The van der Waals surface area contributed by atoms with E-state index in [1.807, 2.05) is 46.7 Å². The number of aliphatic hydroxyl groups is 4. The van der Waals surface area contributed by atoms with E-state index in [1.165, 1.54) is 25.8 Å². The Morgan fingerprint density at radius 3 is 2.27 bits per heavy atom. The highest BCUT2D eigenvalue weighted by Gasteiger charge is 2.52. The molecule has 3 aliphatic heterocycles. The third-order valence-electron chi connectivity index (χ3n) is 15.8. The molecule has 0 bridgehead atoms. The molecule has 3 saturated heterocycles. The number of benzene rings is 1. The number of carbonyl (C=O) groups excluding carboxylic acids is 1. The highest BCUT2D eigenvalue weighted by Crippen LogP contribution is 2.40. The van der Waals surface area contributed by atoms with Crippen LogP contribution in [0.4, 0.5) is 4.39 Å². The Morgan fingerprint density at radius 1 is 0.986 bits per heavy atom. The van der Waals surface area contributed by atoms with Crippen LogP contribution in [0.5, 0.6) is 0 Å². The number of alkyl halides is 1. The van der Waals surface area contributed by atoms with Crippen molar-refractivity contribution in [3.05, 3.63) is 47.3 Å². The summed E-state index contributed by atoms with van der Waals surface area (Å²) in [6, 6.07) is 7.58. The first-order valence-electron chi connectivity index (χ1n) is 25.4. The van der Waals surface area contributed by atoms with Crippen molar-refractivity contribution in [3.8, 4) is 6.07 Å². The van der Waals surface area contributed by atoms with Gasteiger partial charge in [0.1, 0.15) is 42.7 Å². The number of rotatable bonds is 15. The molecule has 71 heavy (non-hydrogen) atoms. The van der Waals surface area contributed by atoms with Gasteiger partial charge in [-0.3, -0.25) is 4.79 Å². The van der Waals surface area contributed by atoms with Gasteiger partial charge in [-0.25, -0.2) is 9.07 Å². The molecule has 1 aromatic heterocycles. The molecule has 19 atom stereocenters. The molecule has 0 unspecified atom stereocenters. The minimum Gasteiger partial charge on any atom is -0.459 e. The maximum Gasteiger partial charge on any atom is 0.311 e. The van der Waals surface area contributed by atoms with Crippen LogP contribution in [0.15, 0.2) is 30.5 Å². The van der Waals surface area contributed by atoms with Gasteiger partial charge in [0.15, 0.2) is 12.6 Å². The Bertz CT molecular complexity index is 2020. The molecule has 1 aromatic carbocycles. The van der Waals surface area contributed by atoms with Crippen LogP contribution in [-0.4, -0.2) is 183 Å². The number of ether oxygens (including phenoxy) is 7. The van der Waals surface area contributed by atoms with Gasteiger partial charge in [0.25, 0.3) is 0 Å². The number of carbonyl (C=O) groups is 1. The first-order chi connectivity index (χ1) is 33.3. The van der Waals surface area contributed by atoms with Crippen molar-refractivity contribution in [1.29, 1.82) is 5.26 Å². The Kier molecular flexibility index (Phi) is 20.5. The van der Waals surface area contributed by atoms with Crippen molar-refractivity contribution < 1.29 is 62.8 Å². The first kappa shape index (κ1) is 58.7. The zero-order valence-corrected chi connectivity index (χ0v) is 44.6. The monoisotopic (exact) mass is 1000 g/mol. The third kappa shape index (κ3) is 13.9. The Hall–Kier alpha value is -3.23. The zero-order valence-electron chi connectivity index (χ0n) is 44.6. The van der Waals surface area contributed by atoms with Gasteiger partial charge in [0.2, 0.25) is 0 Å². The number of likely N-dealkylation sites (N-methyl/N-ethyl adjacent to an activating group) is 2. The third-order valence-corrected chi connectivity index (χ3v) is 15.8. The van der Waals surface area contributed by atoms with E-state index in [0.29, 0.717) is 49.2 Å². The average Bonchev–Trinajstić information content (AvgIpc) is 3.80. The predicted octanol–water partition coefficient (Wildman–Crippen LogP) is 4.90. The molecule has 0 spiro atoms. The molecule has 0 aliphatic carbocycles. The van der Waals surface area contributed by atoms with Crippen molar-refractivity contribution in [2.24, 2.45) is 17.8 Å². The number of halogens is 1. The summed E-state index contributed by atoms with van der Waals surface area (Å²) < 4.78 is 60.5. The van der Waals surface area contributed by atoms with Crippen LogP contribution in [0, 0.1) is 29.1 Å². The molecule has 0 amide bonds. The Labute approximate surface area is 421 Å². The lowest BCUT2D eigenvalue weighted by molar-refractivity contribution is -0.308. The van der Waals surface area contributed by atoms with E-state index >= 15 is 0 Å². The number of aliphatic hydroxyl groups excluding tert-OH is 2. The van der Waals surface area contributed by atoms with Crippen molar-refractivity contribution >= 4 is 5.97 Å². The van der Waals surface area contributed by atoms with E-state index in [0.717, 1.165) is 0 Å². The minimum atomic E-state index is -1.82. The Morgan fingerprint density at radius 2 is 1.66 bits per heavy atom. The van der Waals surface area contributed by atoms with Crippen LogP contribution in [0.25, 0.3) is 0 Å². The molecule has 19 heteroatoms. The molecule has 0 saturated carbocycles. The number of methoxy groups -OCH3 is 2. The normalized spacial score (nSPS) is 39.2. The number of hydrogen-bond donors (Lipinski definition) is 4. The smallest absolute Gasteiger partial charge is 0.311 e. The van der Waals surface area contributed by atoms with Gasteiger partial charge in [-0.2, -0.15) is 5.26 Å². The second kappa shape index (κ2) is 24.9. The molecule has 3 aliphatic rings. The summed E-state index contributed by atoms with van der Waals surface area (Å²) in [5, 5.41) is 65.4. The SMILES string of the molecule is CC[C@H]1OC(=O)[C@H](C)[C@@H](O[C@H]2C[C@@](C)(OC)[C@@H](O)[C@H](C)O2)[C@H](C)[C@@H](O[C@H]2C[C@@H](N(C)CCc3cn([C@H](CF)[C@H](OC)c4ccc(C#N)cc4)nn3)C[C@@H](C)O2)[C@](C)(O)C[C@@H](C)CN(C)[C@H](C)[C@@H](O)[C@]1(C)O. The summed E-state index contributed by atoms with van der Waals surface area (Å²) in [6.45, 7) is 18.1. The predicted molar refractivity (Wildman–Crippen MR) is 261 cm³/mol. The summed E-state index contributed by atoms with van der Waals surface area (Å²) in [6.07, 6.45) is -4.73. The van der Waals surface area contributed by atoms with E-state index in [-0.39, 0.29) is 37.3 Å². The van der Waals surface area contributed by atoms with E-state index in [4.69, 9.17) is 33.2 Å².